The van der Waals surface area contributed by atoms with Gasteiger partial charge in [-0.2, -0.15) is 0 Å². The van der Waals surface area contributed by atoms with Gasteiger partial charge in [0.2, 0.25) is 5.91 Å². The molecule has 3 rings (SSSR count). The van der Waals surface area contributed by atoms with Gasteiger partial charge in [0.15, 0.2) is 0 Å². The molecule has 3 fully saturated rings. The highest BCUT2D eigenvalue weighted by Gasteiger charge is 2.60. The van der Waals surface area contributed by atoms with Crippen LogP contribution in [0.2, 0.25) is 0 Å². The SMILES string of the molecule is CCCC1NC2(CC2)C(=O)N1C1CCC1. The van der Waals surface area contributed by atoms with Crippen LogP contribution in [-0.2, 0) is 4.79 Å². The Morgan fingerprint density at radius 1 is 1.47 bits per heavy atom. The summed E-state index contributed by atoms with van der Waals surface area (Å²) in [5.74, 6) is 0.408. The standard InChI is InChI=1S/C12H20N2O/c1-2-4-10-13-12(7-8-12)11(15)14(10)9-5-3-6-9/h9-10,13H,2-8H2,1H3. The highest BCUT2D eigenvalue weighted by molar-refractivity contribution is 5.92. The van der Waals surface area contributed by atoms with Crippen molar-refractivity contribution in [1.82, 2.24) is 10.2 Å². The van der Waals surface area contributed by atoms with E-state index >= 15 is 0 Å². The monoisotopic (exact) mass is 208 g/mol. The third-order valence-electron chi connectivity index (χ3n) is 4.20. The Hall–Kier alpha value is -0.570. The van der Waals surface area contributed by atoms with Crippen molar-refractivity contribution < 1.29 is 4.79 Å². The molecule has 0 bridgehead atoms. The molecule has 1 heterocycles. The minimum absolute atomic E-state index is 0.102. The van der Waals surface area contributed by atoms with Crippen molar-refractivity contribution in [3.63, 3.8) is 0 Å². The van der Waals surface area contributed by atoms with Crippen molar-refractivity contribution in [2.75, 3.05) is 0 Å². The van der Waals surface area contributed by atoms with Crippen molar-refractivity contribution in [3.8, 4) is 0 Å². The van der Waals surface area contributed by atoms with E-state index in [9.17, 15) is 4.79 Å². The molecule has 0 aromatic carbocycles. The number of amides is 1. The maximum Gasteiger partial charge on any atom is 0.244 e. The Morgan fingerprint density at radius 2 is 2.20 bits per heavy atom. The fourth-order valence-electron chi connectivity index (χ4n) is 2.89. The van der Waals surface area contributed by atoms with E-state index in [0.29, 0.717) is 18.1 Å². The molecule has 2 saturated carbocycles. The molecule has 1 aliphatic heterocycles. The van der Waals surface area contributed by atoms with E-state index in [4.69, 9.17) is 0 Å². The molecular weight excluding hydrogens is 188 g/mol. The van der Waals surface area contributed by atoms with E-state index in [2.05, 4.69) is 17.1 Å². The number of carbonyl (C=O) groups excluding carboxylic acids is 1. The number of hydrogen-bond donors (Lipinski definition) is 1. The van der Waals surface area contributed by atoms with Crippen LogP contribution in [0.4, 0.5) is 0 Å². The lowest BCUT2D eigenvalue weighted by Crippen LogP contribution is -2.47. The topological polar surface area (TPSA) is 32.3 Å². The van der Waals surface area contributed by atoms with Gasteiger partial charge in [0.05, 0.1) is 11.7 Å². The molecule has 1 unspecified atom stereocenters. The molecule has 1 atom stereocenters. The van der Waals surface area contributed by atoms with Crippen LogP contribution < -0.4 is 5.32 Å². The summed E-state index contributed by atoms with van der Waals surface area (Å²) in [5, 5.41) is 3.57. The van der Waals surface area contributed by atoms with Crippen LogP contribution in [0, 0.1) is 0 Å². The lowest BCUT2D eigenvalue weighted by molar-refractivity contribution is -0.134. The summed E-state index contributed by atoms with van der Waals surface area (Å²) in [7, 11) is 0. The zero-order valence-corrected chi connectivity index (χ0v) is 9.46. The molecule has 3 aliphatic rings. The third kappa shape index (κ3) is 1.32. The van der Waals surface area contributed by atoms with Gasteiger partial charge in [0.25, 0.3) is 0 Å². The van der Waals surface area contributed by atoms with Crippen LogP contribution in [0.3, 0.4) is 0 Å². The molecule has 1 amide bonds. The molecule has 1 spiro atoms. The summed E-state index contributed by atoms with van der Waals surface area (Å²) >= 11 is 0. The van der Waals surface area contributed by atoms with Crippen molar-refractivity contribution in [3.05, 3.63) is 0 Å². The molecule has 0 aromatic rings. The Kier molecular flexibility index (Phi) is 2.06. The molecule has 3 heteroatoms. The zero-order valence-electron chi connectivity index (χ0n) is 9.46. The van der Waals surface area contributed by atoms with Gasteiger partial charge in [0, 0.05) is 6.04 Å². The number of hydrogen-bond acceptors (Lipinski definition) is 2. The summed E-state index contributed by atoms with van der Waals surface area (Å²) < 4.78 is 0. The van der Waals surface area contributed by atoms with Gasteiger partial charge in [-0.05, 0) is 38.5 Å². The average Bonchev–Trinajstić information content (AvgIpc) is 2.85. The summed E-state index contributed by atoms with van der Waals surface area (Å²) in [4.78, 5) is 14.5. The number of nitrogens with zero attached hydrogens (tertiary/aromatic N) is 1. The lowest BCUT2D eigenvalue weighted by atomic mass is 9.91. The van der Waals surface area contributed by atoms with Gasteiger partial charge in [-0.25, -0.2) is 0 Å². The smallest absolute Gasteiger partial charge is 0.244 e. The fourth-order valence-corrected chi connectivity index (χ4v) is 2.89. The predicted octanol–water partition coefficient (Wildman–Crippen LogP) is 1.63. The van der Waals surface area contributed by atoms with E-state index < -0.39 is 0 Å². The van der Waals surface area contributed by atoms with Crippen LogP contribution in [0.15, 0.2) is 0 Å². The van der Waals surface area contributed by atoms with E-state index in [-0.39, 0.29) is 5.54 Å². The van der Waals surface area contributed by atoms with E-state index in [1.54, 1.807) is 0 Å². The summed E-state index contributed by atoms with van der Waals surface area (Å²) in [5.41, 5.74) is -0.102. The Morgan fingerprint density at radius 3 is 2.67 bits per heavy atom. The predicted molar refractivity (Wildman–Crippen MR) is 58.3 cm³/mol. The van der Waals surface area contributed by atoms with Gasteiger partial charge in [-0.15, -0.1) is 0 Å². The fraction of sp³-hybridized carbons (Fsp3) is 0.917. The van der Waals surface area contributed by atoms with Crippen LogP contribution in [0.5, 0.6) is 0 Å². The number of rotatable bonds is 3. The quantitative estimate of drug-likeness (QED) is 0.764. The van der Waals surface area contributed by atoms with E-state index in [0.717, 1.165) is 25.7 Å². The second kappa shape index (κ2) is 3.21. The first-order valence-corrected chi connectivity index (χ1v) is 6.37. The van der Waals surface area contributed by atoms with Gasteiger partial charge < -0.3 is 4.90 Å². The normalized spacial score (nSPS) is 33.5. The van der Waals surface area contributed by atoms with Crippen LogP contribution in [0.1, 0.15) is 51.9 Å². The molecular formula is C12H20N2O. The second-order valence-corrected chi connectivity index (χ2v) is 5.33. The minimum Gasteiger partial charge on any atom is -0.323 e. The Bertz CT molecular complexity index is 281. The maximum atomic E-state index is 12.3. The van der Waals surface area contributed by atoms with Crippen molar-refractivity contribution in [2.24, 2.45) is 0 Å². The molecule has 1 N–H and O–H groups in total. The summed E-state index contributed by atoms with van der Waals surface area (Å²) in [6.07, 6.45) is 8.50. The molecule has 1 saturated heterocycles. The first-order valence-electron chi connectivity index (χ1n) is 6.37. The van der Waals surface area contributed by atoms with Crippen molar-refractivity contribution in [1.29, 1.82) is 0 Å². The van der Waals surface area contributed by atoms with Gasteiger partial charge in [-0.3, -0.25) is 10.1 Å². The molecule has 0 aromatic heterocycles. The van der Waals surface area contributed by atoms with E-state index in [1.807, 2.05) is 0 Å². The molecule has 3 nitrogen and oxygen atoms in total. The largest absolute Gasteiger partial charge is 0.323 e. The van der Waals surface area contributed by atoms with E-state index in [1.165, 1.54) is 19.3 Å². The van der Waals surface area contributed by atoms with Gasteiger partial charge in [0.1, 0.15) is 0 Å². The lowest BCUT2D eigenvalue weighted by Gasteiger charge is -2.38. The van der Waals surface area contributed by atoms with Crippen LogP contribution in [-0.4, -0.2) is 28.6 Å². The van der Waals surface area contributed by atoms with Gasteiger partial charge >= 0.3 is 0 Å². The number of carbonyl (C=O) groups is 1. The summed E-state index contributed by atoms with van der Waals surface area (Å²) in [6.45, 7) is 2.20. The third-order valence-corrected chi connectivity index (χ3v) is 4.20. The van der Waals surface area contributed by atoms with Crippen LogP contribution in [0.25, 0.3) is 0 Å². The number of nitrogens with one attached hydrogen (secondary N) is 1. The van der Waals surface area contributed by atoms with Crippen LogP contribution >= 0.6 is 0 Å². The molecule has 2 aliphatic carbocycles. The Balaban J connectivity index is 1.78. The van der Waals surface area contributed by atoms with Crippen molar-refractivity contribution >= 4 is 5.91 Å². The van der Waals surface area contributed by atoms with Gasteiger partial charge in [-0.1, -0.05) is 13.3 Å². The molecule has 0 radical (unpaired) electrons. The zero-order chi connectivity index (χ0) is 10.5. The molecule has 15 heavy (non-hydrogen) atoms. The maximum absolute atomic E-state index is 12.3. The first-order chi connectivity index (χ1) is 7.27. The van der Waals surface area contributed by atoms with Crippen molar-refractivity contribution in [2.45, 2.75) is 69.6 Å². The highest BCUT2D eigenvalue weighted by atomic mass is 16.2. The second-order valence-electron chi connectivity index (χ2n) is 5.33. The molecule has 84 valence electrons. The average molecular weight is 208 g/mol. The highest BCUT2D eigenvalue weighted by Crippen LogP contribution is 2.45. The Labute approximate surface area is 91.2 Å². The summed E-state index contributed by atoms with van der Waals surface area (Å²) in [6, 6.07) is 0.557. The first kappa shape index (κ1) is 9.64. The minimum atomic E-state index is -0.102.